The van der Waals surface area contributed by atoms with Gasteiger partial charge in [0, 0.05) is 37.1 Å². The number of nitrogens with zero attached hydrogens (tertiary/aromatic N) is 1. The van der Waals surface area contributed by atoms with E-state index in [0.717, 1.165) is 34.4 Å². The van der Waals surface area contributed by atoms with Gasteiger partial charge in [-0.25, -0.2) is 0 Å². The molecular formula is C22H27ClN2O2. The van der Waals surface area contributed by atoms with Crippen molar-refractivity contribution in [2.45, 2.75) is 40.5 Å². The predicted molar refractivity (Wildman–Crippen MR) is 111 cm³/mol. The molecule has 0 aliphatic heterocycles. The molecule has 0 radical (unpaired) electrons. The first-order valence-electron chi connectivity index (χ1n) is 9.15. The molecule has 0 bridgehead atoms. The van der Waals surface area contributed by atoms with Crippen molar-refractivity contribution in [3.8, 4) is 0 Å². The van der Waals surface area contributed by atoms with Crippen LogP contribution in [0.1, 0.15) is 35.6 Å². The zero-order valence-electron chi connectivity index (χ0n) is 16.4. The second kappa shape index (κ2) is 9.56. The van der Waals surface area contributed by atoms with Gasteiger partial charge in [-0.05, 0) is 56.0 Å². The molecule has 144 valence electrons. The average Bonchev–Trinajstić information content (AvgIpc) is 2.58. The first-order chi connectivity index (χ1) is 12.8. The Hall–Kier alpha value is -2.33. The molecule has 2 amide bonds. The molecule has 1 N–H and O–H groups in total. The topological polar surface area (TPSA) is 49.4 Å². The number of benzene rings is 2. The van der Waals surface area contributed by atoms with Gasteiger partial charge >= 0.3 is 0 Å². The van der Waals surface area contributed by atoms with Crippen LogP contribution in [0.4, 0.5) is 5.69 Å². The summed E-state index contributed by atoms with van der Waals surface area (Å²) in [5.74, 6) is -0.114. The van der Waals surface area contributed by atoms with Gasteiger partial charge in [0.05, 0.1) is 0 Å². The summed E-state index contributed by atoms with van der Waals surface area (Å²) in [5.41, 5.74) is 5.28. The highest BCUT2D eigenvalue weighted by molar-refractivity contribution is 6.30. The maximum Gasteiger partial charge on any atom is 0.223 e. The van der Waals surface area contributed by atoms with Crippen molar-refractivity contribution in [2.75, 3.05) is 18.0 Å². The van der Waals surface area contributed by atoms with Crippen LogP contribution in [0.2, 0.25) is 5.02 Å². The molecule has 4 nitrogen and oxygen atoms in total. The number of nitrogens with one attached hydrogen (secondary N) is 1. The van der Waals surface area contributed by atoms with E-state index in [-0.39, 0.29) is 18.2 Å². The van der Waals surface area contributed by atoms with Crippen molar-refractivity contribution >= 4 is 29.1 Å². The fourth-order valence-electron chi connectivity index (χ4n) is 3.32. The molecular weight excluding hydrogens is 360 g/mol. The Morgan fingerprint density at radius 3 is 2.19 bits per heavy atom. The molecule has 0 saturated heterocycles. The maximum atomic E-state index is 12.2. The van der Waals surface area contributed by atoms with Crippen LogP contribution in [0.5, 0.6) is 0 Å². The molecule has 0 aromatic heterocycles. The number of aryl methyl sites for hydroxylation is 3. The van der Waals surface area contributed by atoms with Gasteiger partial charge in [0.15, 0.2) is 0 Å². The van der Waals surface area contributed by atoms with Crippen molar-refractivity contribution in [1.82, 2.24) is 5.32 Å². The van der Waals surface area contributed by atoms with E-state index in [1.165, 1.54) is 6.92 Å². The Kier molecular flexibility index (Phi) is 7.43. The Bertz CT molecular complexity index is 793. The smallest absolute Gasteiger partial charge is 0.223 e. The minimum absolute atomic E-state index is 0.0565. The normalized spacial score (nSPS) is 10.6. The second-order valence-electron chi connectivity index (χ2n) is 6.89. The average molecular weight is 387 g/mol. The van der Waals surface area contributed by atoms with Crippen LogP contribution >= 0.6 is 11.6 Å². The third-order valence-electron chi connectivity index (χ3n) is 4.50. The van der Waals surface area contributed by atoms with E-state index in [9.17, 15) is 9.59 Å². The first-order valence-corrected chi connectivity index (χ1v) is 9.53. The van der Waals surface area contributed by atoms with Crippen LogP contribution in [0.25, 0.3) is 0 Å². The van der Waals surface area contributed by atoms with Gasteiger partial charge < -0.3 is 10.2 Å². The van der Waals surface area contributed by atoms with Crippen molar-refractivity contribution < 1.29 is 9.59 Å². The number of carbonyl (C=O) groups excluding carboxylic acids is 2. The second-order valence-corrected chi connectivity index (χ2v) is 7.33. The predicted octanol–water partition coefficient (Wildman–Crippen LogP) is 4.37. The SMILES string of the molecule is CC(=O)N(CCC(=O)NCCc1ccc(Cl)cc1)c1c(C)cc(C)cc1C. The van der Waals surface area contributed by atoms with Crippen molar-refractivity contribution in [2.24, 2.45) is 0 Å². The summed E-state index contributed by atoms with van der Waals surface area (Å²) < 4.78 is 0. The zero-order chi connectivity index (χ0) is 20.0. The van der Waals surface area contributed by atoms with Gasteiger partial charge in [0.1, 0.15) is 0 Å². The Balaban J connectivity index is 1.91. The third kappa shape index (κ3) is 6.10. The summed E-state index contributed by atoms with van der Waals surface area (Å²) in [6, 6.07) is 11.7. The number of halogens is 1. The largest absolute Gasteiger partial charge is 0.356 e. The van der Waals surface area contributed by atoms with E-state index in [1.807, 2.05) is 45.0 Å². The molecule has 5 heteroatoms. The molecule has 0 saturated carbocycles. The van der Waals surface area contributed by atoms with Gasteiger partial charge in [-0.3, -0.25) is 9.59 Å². The van der Waals surface area contributed by atoms with Gasteiger partial charge in [-0.2, -0.15) is 0 Å². The Labute approximate surface area is 166 Å². The van der Waals surface area contributed by atoms with Crippen LogP contribution in [0.15, 0.2) is 36.4 Å². The van der Waals surface area contributed by atoms with E-state index in [0.29, 0.717) is 18.1 Å². The molecule has 0 fully saturated rings. The molecule has 2 aromatic carbocycles. The van der Waals surface area contributed by atoms with Crippen LogP contribution in [-0.2, 0) is 16.0 Å². The number of carbonyl (C=O) groups is 2. The van der Waals surface area contributed by atoms with Crippen LogP contribution in [0, 0.1) is 20.8 Å². The highest BCUT2D eigenvalue weighted by Gasteiger charge is 2.17. The Morgan fingerprint density at radius 1 is 1.04 bits per heavy atom. The summed E-state index contributed by atoms with van der Waals surface area (Å²) in [5, 5.41) is 3.62. The van der Waals surface area contributed by atoms with E-state index in [4.69, 9.17) is 11.6 Å². The lowest BCUT2D eigenvalue weighted by molar-refractivity contribution is -0.121. The lowest BCUT2D eigenvalue weighted by Gasteiger charge is -2.25. The van der Waals surface area contributed by atoms with E-state index in [2.05, 4.69) is 17.4 Å². The number of hydrogen-bond donors (Lipinski definition) is 1. The minimum atomic E-state index is -0.0577. The number of anilines is 1. The van der Waals surface area contributed by atoms with Crippen LogP contribution < -0.4 is 10.2 Å². The summed E-state index contributed by atoms with van der Waals surface area (Å²) in [6.45, 7) is 8.50. The molecule has 0 aliphatic carbocycles. The van der Waals surface area contributed by atoms with E-state index >= 15 is 0 Å². The summed E-state index contributed by atoms with van der Waals surface area (Å²) >= 11 is 5.87. The highest BCUT2D eigenvalue weighted by atomic mass is 35.5. The quantitative estimate of drug-likeness (QED) is 0.768. The van der Waals surface area contributed by atoms with Crippen molar-refractivity contribution in [3.05, 3.63) is 63.7 Å². The highest BCUT2D eigenvalue weighted by Crippen LogP contribution is 2.26. The monoisotopic (exact) mass is 386 g/mol. The fourth-order valence-corrected chi connectivity index (χ4v) is 3.45. The zero-order valence-corrected chi connectivity index (χ0v) is 17.2. The summed E-state index contributed by atoms with van der Waals surface area (Å²) in [7, 11) is 0. The van der Waals surface area contributed by atoms with Crippen molar-refractivity contribution in [1.29, 1.82) is 0 Å². The number of hydrogen-bond acceptors (Lipinski definition) is 2. The Morgan fingerprint density at radius 2 is 1.63 bits per heavy atom. The molecule has 0 spiro atoms. The number of amides is 2. The van der Waals surface area contributed by atoms with Gasteiger partial charge in [-0.15, -0.1) is 0 Å². The summed E-state index contributed by atoms with van der Waals surface area (Å²) in [6.07, 6.45) is 1.02. The maximum absolute atomic E-state index is 12.2. The lowest BCUT2D eigenvalue weighted by Crippen LogP contribution is -2.35. The van der Waals surface area contributed by atoms with Crippen LogP contribution in [-0.4, -0.2) is 24.9 Å². The molecule has 2 rings (SSSR count). The molecule has 2 aromatic rings. The third-order valence-corrected chi connectivity index (χ3v) is 4.75. The van der Waals surface area contributed by atoms with Crippen LogP contribution in [0.3, 0.4) is 0 Å². The molecule has 0 unspecified atom stereocenters. The van der Waals surface area contributed by atoms with E-state index < -0.39 is 0 Å². The molecule has 0 aliphatic rings. The summed E-state index contributed by atoms with van der Waals surface area (Å²) in [4.78, 5) is 26.1. The minimum Gasteiger partial charge on any atom is -0.356 e. The molecule has 0 heterocycles. The van der Waals surface area contributed by atoms with Gasteiger partial charge in [0.2, 0.25) is 11.8 Å². The lowest BCUT2D eigenvalue weighted by atomic mass is 10.0. The van der Waals surface area contributed by atoms with E-state index in [1.54, 1.807) is 4.90 Å². The number of rotatable bonds is 7. The molecule has 0 atom stereocenters. The first kappa shape index (κ1) is 21.0. The van der Waals surface area contributed by atoms with Gasteiger partial charge in [0.25, 0.3) is 0 Å². The van der Waals surface area contributed by atoms with Crippen molar-refractivity contribution in [3.63, 3.8) is 0 Å². The van der Waals surface area contributed by atoms with Gasteiger partial charge in [-0.1, -0.05) is 41.4 Å². The molecule has 27 heavy (non-hydrogen) atoms. The fraction of sp³-hybridized carbons (Fsp3) is 0.364. The standard InChI is InChI=1S/C22H27ClN2O2/c1-15-13-16(2)22(17(3)14-15)25(18(4)26)12-10-21(27)24-11-9-19-5-7-20(23)8-6-19/h5-8,13-14H,9-12H2,1-4H3,(H,24,27).